The van der Waals surface area contributed by atoms with Crippen molar-refractivity contribution < 1.29 is 9.59 Å². The fourth-order valence-electron chi connectivity index (χ4n) is 4.98. The Balaban J connectivity index is 1.64. The van der Waals surface area contributed by atoms with Gasteiger partial charge in [0.15, 0.2) is 0 Å². The van der Waals surface area contributed by atoms with Gasteiger partial charge in [-0.2, -0.15) is 0 Å². The molecule has 182 valence electrons. The van der Waals surface area contributed by atoms with E-state index in [2.05, 4.69) is 24.4 Å². The number of carbonyl (C=O) groups is 2. The number of aryl methyl sites for hydroxylation is 1. The minimum atomic E-state index is -0.573. The quantitative estimate of drug-likeness (QED) is 0.443. The van der Waals surface area contributed by atoms with Gasteiger partial charge in [0.05, 0.1) is 6.42 Å². The van der Waals surface area contributed by atoms with Crippen molar-refractivity contribution in [2.45, 2.75) is 70.5 Å². The third kappa shape index (κ3) is 7.29. The summed E-state index contributed by atoms with van der Waals surface area (Å²) in [5.41, 5.74) is 4.19. The first-order valence-electron chi connectivity index (χ1n) is 12.8. The monoisotopic (exact) mass is 468 g/mol. The van der Waals surface area contributed by atoms with Crippen molar-refractivity contribution in [2.24, 2.45) is 0 Å². The molecule has 0 heterocycles. The highest BCUT2D eigenvalue weighted by atomic mass is 16.2. The molecule has 4 heteroatoms. The first-order valence-corrected chi connectivity index (χ1v) is 12.8. The second kappa shape index (κ2) is 12.3. The van der Waals surface area contributed by atoms with Crippen LogP contribution in [0.25, 0.3) is 0 Å². The summed E-state index contributed by atoms with van der Waals surface area (Å²) >= 11 is 0. The van der Waals surface area contributed by atoms with Gasteiger partial charge in [0.2, 0.25) is 11.8 Å². The second-order valence-electron chi connectivity index (χ2n) is 9.72. The number of rotatable bonds is 9. The van der Waals surface area contributed by atoms with E-state index in [1.165, 1.54) is 6.42 Å². The smallest absolute Gasteiger partial charge is 0.243 e. The molecule has 0 aliphatic heterocycles. The highest BCUT2D eigenvalue weighted by Crippen LogP contribution is 2.20. The Bertz CT molecular complexity index is 1090. The molecule has 4 rings (SSSR count). The van der Waals surface area contributed by atoms with Crippen LogP contribution in [-0.4, -0.2) is 28.8 Å². The zero-order chi connectivity index (χ0) is 24.5. The van der Waals surface area contributed by atoms with Crippen LogP contribution < -0.4 is 5.32 Å². The average molecular weight is 469 g/mol. The Morgan fingerprint density at radius 1 is 0.829 bits per heavy atom. The first kappa shape index (κ1) is 24.7. The van der Waals surface area contributed by atoms with E-state index in [9.17, 15) is 9.59 Å². The van der Waals surface area contributed by atoms with Gasteiger partial charge in [0.25, 0.3) is 0 Å². The van der Waals surface area contributed by atoms with Gasteiger partial charge in [-0.25, -0.2) is 0 Å². The van der Waals surface area contributed by atoms with Crippen molar-refractivity contribution in [1.82, 2.24) is 10.2 Å². The Labute approximate surface area is 209 Å². The van der Waals surface area contributed by atoms with Gasteiger partial charge in [0.1, 0.15) is 6.04 Å². The van der Waals surface area contributed by atoms with Crippen LogP contribution in [0.15, 0.2) is 84.9 Å². The zero-order valence-electron chi connectivity index (χ0n) is 20.7. The predicted molar refractivity (Wildman–Crippen MR) is 141 cm³/mol. The summed E-state index contributed by atoms with van der Waals surface area (Å²) in [6, 6.07) is 27.6. The summed E-state index contributed by atoms with van der Waals surface area (Å²) in [4.78, 5) is 29.3. The van der Waals surface area contributed by atoms with Crippen molar-refractivity contribution in [3.63, 3.8) is 0 Å². The number of amides is 2. The predicted octanol–water partition coefficient (Wildman–Crippen LogP) is 5.63. The molecule has 1 N–H and O–H groups in total. The maximum absolute atomic E-state index is 13.8. The molecule has 3 aromatic rings. The van der Waals surface area contributed by atoms with E-state index in [1.807, 2.05) is 72.8 Å². The highest BCUT2D eigenvalue weighted by molar-refractivity contribution is 5.89. The first-order chi connectivity index (χ1) is 17.1. The van der Waals surface area contributed by atoms with E-state index in [1.54, 1.807) is 4.90 Å². The fourth-order valence-corrected chi connectivity index (χ4v) is 4.98. The summed E-state index contributed by atoms with van der Waals surface area (Å²) in [5, 5.41) is 3.30. The molecular weight excluding hydrogens is 432 g/mol. The molecule has 1 unspecified atom stereocenters. The number of nitrogens with one attached hydrogen (secondary N) is 1. The highest BCUT2D eigenvalue weighted by Gasteiger charge is 2.31. The van der Waals surface area contributed by atoms with Crippen molar-refractivity contribution in [1.29, 1.82) is 0 Å². The molecule has 0 bridgehead atoms. The van der Waals surface area contributed by atoms with Crippen LogP contribution >= 0.6 is 0 Å². The Morgan fingerprint density at radius 3 is 2.11 bits per heavy atom. The van der Waals surface area contributed by atoms with E-state index < -0.39 is 6.04 Å². The molecule has 2 amide bonds. The minimum absolute atomic E-state index is 0.0302. The standard InChI is InChI=1S/C31H36N2O2/c1-24-12-11-17-27(20-24)23-33(30(34)22-26-15-7-3-8-16-26)29(21-25-13-5-2-6-14-25)31(35)32-28-18-9-4-10-19-28/h2-3,5-8,11-17,20,28-29H,4,9-10,18-19,21-23H2,1H3,(H,32,35). The summed E-state index contributed by atoms with van der Waals surface area (Å²) in [7, 11) is 0. The molecule has 0 saturated heterocycles. The number of hydrogen-bond donors (Lipinski definition) is 1. The normalized spacial score (nSPS) is 14.8. The second-order valence-corrected chi connectivity index (χ2v) is 9.72. The molecule has 1 atom stereocenters. The Morgan fingerprint density at radius 2 is 1.46 bits per heavy atom. The van der Waals surface area contributed by atoms with Gasteiger partial charge >= 0.3 is 0 Å². The zero-order valence-corrected chi connectivity index (χ0v) is 20.7. The van der Waals surface area contributed by atoms with Crippen molar-refractivity contribution >= 4 is 11.8 Å². The lowest BCUT2D eigenvalue weighted by molar-refractivity contribution is -0.141. The largest absolute Gasteiger partial charge is 0.352 e. The molecule has 3 aromatic carbocycles. The van der Waals surface area contributed by atoms with Crippen LogP contribution in [0.5, 0.6) is 0 Å². The van der Waals surface area contributed by atoms with E-state index in [0.717, 1.165) is 47.9 Å². The van der Waals surface area contributed by atoms with Crippen LogP contribution in [0.1, 0.15) is 54.4 Å². The SMILES string of the molecule is Cc1cccc(CN(C(=O)Cc2ccccc2)C(Cc2ccccc2)C(=O)NC2CCCCC2)c1. The minimum Gasteiger partial charge on any atom is -0.352 e. The van der Waals surface area contributed by atoms with Crippen LogP contribution in [0.2, 0.25) is 0 Å². The topological polar surface area (TPSA) is 49.4 Å². The van der Waals surface area contributed by atoms with Crippen molar-refractivity contribution in [3.05, 3.63) is 107 Å². The Kier molecular flexibility index (Phi) is 8.72. The fraction of sp³-hybridized carbons (Fsp3) is 0.355. The van der Waals surface area contributed by atoms with Gasteiger partial charge in [-0.3, -0.25) is 9.59 Å². The van der Waals surface area contributed by atoms with Crippen molar-refractivity contribution in [2.75, 3.05) is 0 Å². The molecule has 0 radical (unpaired) electrons. The van der Waals surface area contributed by atoms with Crippen LogP contribution in [-0.2, 0) is 29.0 Å². The summed E-state index contributed by atoms with van der Waals surface area (Å²) in [6.07, 6.45) is 6.32. The van der Waals surface area contributed by atoms with Crippen LogP contribution in [0, 0.1) is 6.92 Å². The molecule has 35 heavy (non-hydrogen) atoms. The number of benzene rings is 3. The summed E-state index contributed by atoms with van der Waals surface area (Å²) in [6.45, 7) is 2.46. The van der Waals surface area contributed by atoms with E-state index >= 15 is 0 Å². The maximum Gasteiger partial charge on any atom is 0.243 e. The van der Waals surface area contributed by atoms with E-state index in [0.29, 0.717) is 13.0 Å². The number of hydrogen-bond acceptors (Lipinski definition) is 2. The van der Waals surface area contributed by atoms with Gasteiger partial charge < -0.3 is 10.2 Å². The molecule has 0 aromatic heterocycles. The number of nitrogens with zero attached hydrogens (tertiary/aromatic N) is 1. The lowest BCUT2D eigenvalue weighted by Crippen LogP contribution is -2.53. The molecule has 1 aliphatic carbocycles. The lowest BCUT2D eigenvalue weighted by Gasteiger charge is -2.33. The van der Waals surface area contributed by atoms with Gasteiger partial charge in [-0.15, -0.1) is 0 Å². The summed E-state index contributed by atoms with van der Waals surface area (Å²) < 4.78 is 0. The van der Waals surface area contributed by atoms with Crippen LogP contribution in [0.4, 0.5) is 0 Å². The molecule has 1 aliphatic rings. The molecule has 4 nitrogen and oxygen atoms in total. The summed E-state index contributed by atoms with van der Waals surface area (Å²) in [5.74, 6) is -0.0766. The van der Waals surface area contributed by atoms with Gasteiger partial charge in [-0.05, 0) is 36.5 Å². The molecule has 1 saturated carbocycles. The molecule has 1 fully saturated rings. The van der Waals surface area contributed by atoms with Gasteiger partial charge in [0, 0.05) is 19.0 Å². The van der Waals surface area contributed by atoms with E-state index in [4.69, 9.17) is 0 Å². The lowest BCUT2D eigenvalue weighted by atomic mass is 9.94. The van der Waals surface area contributed by atoms with E-state index in [-0.39, 0.29) is 24.3 Å². The molecule has 0 spiro atoms. The maximum atomic E-state index is 13.8. The van der Waals surface area contributed by atoms with Crippen LogP contribution in [0.3, 0.4) is 0 Å². The van der Waals surface area contributed by atoms with Gasteiger partial charge in [-0.1, -0.05) is 110 Å². The molecular formula is C31H36N2O2. The average Bonchev–Trinajstić information content (AvgIpc) is 2.88. The Hall–Kier alpha value is -3.40. The third-order valence-electron chi connectivity index (χ3n) is 6.86. The number of carbonyl (C=O) groups excluding carboxylic acids is 2. The van der Waals surface area contributed by atoms with Crippen molar-refractivity contribution in [3.8, 4) is 0 Å². The third-order valence-corrected chi connectivity index (χ3v) is 6.86.